The van der Waals surface area contributed by atoms with E-state index in [1.807, 2.05) is 0 Å². The van der Waals surface area contributed by atoms with Crippen molar-refractivity contribution in [1.29, 1.82) is 0 Å². The second-order valence-electron chi connectivity index (χ2n) is 4.29. The Morgan fingerprint density at radius 3 is 2.50 bits per heavy atom. The van der Waals surface area contributed by atoms with Crippen LogP contribution >= 0.6 is 23.2 Å². The molecule has 0 atom stereocenters. The molecule has 0 bridgehead atoms. The first-order valence-corrected chi connectivity index (χ1v) is 8.22. The van der Waals surface area contributed by atoms with Crippen molar-refractivity contribution in [3.05, 3.63) is 68.2 Å². The first-order valence-electron chi connectivity index (χ1n) is 5.98. The Morgan fingerprint density at radius 1 is 1.14 bits per heavy atom. The monoisotopic (exact) mass is 360 g/mol. The van der Waals surface area contributed by atoms with Gasteiger partial charge in [0.2, 0.25) is 10.0 Å². The molecule has 0 saturated heterocycles. The molecule has 0 saturated carbocycles. The van der Waals surface area contributed by atoms with Gasteiger partial charge in [0.05, 0.1) is 4.92 Å². The van der Waals surface area contributed by atoms with Crippen molar-refractivity contribution in [3.8, 4) is 0 Å². The maximum absolute atomic E-state index is 12.2. The fraction of sp³-hybridized carbons (Fsp3) is 0.0769. The van der Waals surface area contributed by atoms with Crippen LogP contribution < -0.4 is 4.72 Å². The lowest BCUT2D eigenvalue weighted by Gasteiger charge is -2.09. The van der Waals surface area contributed by atoms with Gasteiger partial charge in [-0.05, 0) is 29.8 Å². The van der Waals surface area contributed by atoms with E-state index in [1.165, 1.54) is 24.3 Å². The number of nitro groups is 1. The molecular weight excluding hydrogens is 351 g/mol. The number of nitro benzene ring substituents is 1. The summed E-state index contributed by atoms with van der Waals surface area (Å²) in [6, 6.07) is 9.73. The second-order valence-corrected chi connectivity index (χ2v) is 6.86. The number of rotatable bonds is 5. The van der Waals surface area contributed by atoms with Gasteiger partial charge in [-0.3, -0.25) is 10.1 Å². The predicted molar refractivity (Wildman–Crippen MR) is 83.6 cm³/mol. The average Bonchev–Trinajstić information content (AvgIpc) is 2.48. The fourth-order valence-electron chi connectivity index (χ4n) is 1.76. The molecule has 0 aliphatic rings. The van der Waals surface area contributed by atoms with Crippen LogP contribution in [0.1, 0.15) is 5.56 Å². The zero-order valence-corrected chi connectivity index (χ0v) is 13.3. The number of nitrogens with zero attached hydrogens (tertiary/aromatic N) is 1. The summed E-state index contributed by atoms with van der Waals surface area (Å²) in [5.74, 6) is 0. The summed E-state index contributed by atoms with van der Waals surface area (Å²) >= 11 is 11.8. The van der Waals surface area contributed by atoms with Gasteiger partial charge in [-0.15, -0.1) is 0 Å². The van der Waals surface area contributed by atoms with Crippen molar-refractivity contribution >= 4 is 38.9 Å². The van der Waals surface area contributed by atoms with Crippen LogP contribution in [0.15, 0.2) is 47.4 Å². The standard InChI is InChI=1S/C13H10Cl2N2O4S/c14-10-5-6-11(15)9(7-10)8-16-22(20,21)13-4-2-1-3-12(13)17(18)19/h1-7,16H,8H2. The quantitative estimate of drug-likeness (QED) is 0.653. The topological polar surface area (TPSA) is 89.3 Å². The van der Waals surface area contributed by atoms with E-state index in [1.54, 1.807) is 12.1 Å². The van der Waals surface area contributed by atoms with Crippen LogP contribution in [0.2, 0.25) is 10.0 Å². The fourth-order valence-corrected chi connectivity index (χ4v) is 3.32. The van der Waals surface area contributed by atoms with E-state index in [2.05, 4.69) is 4.72 Å². The van der Waals surface area contributed by atoms with Crippen molar-refractivity contribution in [1.82, 2.24) is 4.72 Å². The number of hydrogen-bond donors (Lipinski definition) is 1. The van der Waals surface area contributed by atoms with Gasteiger partial charge >= 0.3 is 0 Å². The summed E-state index contributed by atoms with van der Waals surface area (Å²) in [6.45, 7) is -0.131. The van der Waals surface area contributed by atoms with Crippen LogP contribution in [0, 0.1) is 10.1 Å². The van der Waals surface area contributed by atoms with E-state index in [-0.39, 0.29) is 6.54 Å². The first-order chi connectivity index (χ1) is 10.3. The summed E-state index contributed by atoms with van der Waals surface area (Å²) in [6.07, 6.45) is 0. The Kier molecular flexibility index (Phi) is 5.02. The van der Waals surface area contributed by atoms with Gasteiger partial charge in [0.15, 0.2) is 4.90 Å². The molecule has 2 aromatic rings. The minimum Gasteiger partial charge on any atom is -0.258 e. The van der Waals surface area contributed by atoms with Gasteiger partial charge in [-0.25, -0.2) is 13.1 Å². The molecule has 0 aromatic heterocycles. The number of nitrogens with one attached hydrogen (secondary N) is 1. The van der Waals surface area contributed by atoms with E-state index in [0.717, 1.165) is 6.07 Å². The van der Waals surface area contributed by atoms with Gasteiger partial charge in [0.25, 0.3) is 5.69 Å². The van der Waals surface area contributed by atoms with E-state index in [4.69, 9.17) is 23.2 Å². The molecule has 22 heavy (non-hydrogen) atoms. The normalized spacial score (nSPS) is 11.4. The van der Waals surface area contributed by atoms with Gasteiger partial charge in [0, 0.05) is 22.7 Å². The highest BCUT2D eigenvalue weighted by molar-refractivity contribution is 7.89. The maximum Gasteiger partial charge on any atom is 0.289 e. The Hall–Kier alpha value is -1.67. The summed E-state index contributed by atoms with van der Waals surface area (Å²) in [7, 11) is -4.06. The molecule has 0 heterocycles. The Labute approximate surface area is 136 Å². The Bertz CT molecular complexity index is 825. The van der Waals surface area contributed by atoms with Crippen LogP contribution in [0.25, 0.3) is 0 Å². The lowest BCUT2D eigenvalue weighted by molar-refractivity contribution is -0.387. The summed E-state index contributed by atoms with van der Waals surface area (Å²) in [5, 5.41) is 11.7. The van der Waals surface area contributed by atoms with Gasteiger partial charge in [-0.1, -0.05) is 35.3 Å². The van der Waals surface area contributed by atoms with Crippen molar-refractivity contribution < 1.29 is 13.3 Å². The van der Waals surface area contributed by atoms with E-state index in [9.17, 15) is 18.5 Å². The average molecular weight is 361 g/mol. The predicted octanol–water partition coefficient (Wildman–Crippen LogP) is 3.38. The molecule has 0 unspecified atom stereocenters. The molecule has 9 heteroatoms. The van der Waals surface area contributed by atoms with Crippen molar-refractivity contribution in [2.24, 2.45) is 0 Å². The largest absolute Gasteiger partial charge is 0.289 e. The zero-order valence-electron chi connectivity index (χ0n) is 11.0. The second kappa shape index (κ2) is 6.62. The van der Waals surface area contributed by atoms with E-state index < -0.39 is 25.5 Å². The molecule has 0 spiro atoms. The van der Waals surface area contributed by atoms with E-state index in [0.29, 0.717) is 15.6 Å². The highest BCUT2D eigenvalue weighted by atomic mass is 35.5. The van der Waals surface area contributed by atoms with Crippen LogP contribution in [0.5, 0.6) is 0 Å². The molecular formula is C13H10Cl2N2O4S. The third-order valence-electron chi connectivity index (χ3n) is 2.81. The molecule has 0 amide bonds. The van der Waals surface area contributed by atoms with E-state index >= 15 is 0 Å². The van der Waals surface area contributed by atoms with Gasteiger partial charge in [-0.2, -0.15) is 0 Å². The lowest BCUT2D eigenvalue weighted by atomic mass is 10.2. The minimum absolute atomic E-state index is 0.131. The van der Waals surface area contributed by atoms with Gasteiger partial charge in [0.1, 0.15) is 0 Å². The molecule has 0 radical (unpaired) electrons. The number of halogens is 2. The minimum atomic E-state index is -4.06. The number of benzene rings is 2. The SMILES string of the molecule is O=[N+]([O-])c1ccccc1S(=O)(=O)NCc1cc(Cl)ccc1Cl. The molecule has 0 aliphatic carbocycles. The van der Waals surface area contributed by atoms with Crippen LogP contribution in [-0.2, 0) is 16.6 Å². The van der Waals surface area contributed by atoms with Gasteiger partial charge < -0.3 is 0 Å². The van der Waals surface area contributed by atoms with Crippen molar-refractivity contribution in [3.63, 3.8) is 0 Å². The third kappa shape index (κ3) is 3.75. The lowest BCUT2D eigenvalue weighted by Crippen LogP contribution is -2.24. The summed E-state index contributed by atoms with van der Waals surface area (Å²) in [4.78, 5) is 9.76. The molecule has 0 fully saturated rings. The maximum atomic E-state index is 12.2. The third-order valence-corrected chi connectivity index (χ3v) is 4.86. The molecule has 6 nitrogen and oxygen atoms in total. The van der Waals surface area contributed by atoms with Crippen LogP contribution in [-0.4, -0.2) is 13.3 Å². The first kappa shape index (κ1) is 16.7. The summed E-state index contributed by atoms with van der Waals surface area (Å²) < 4.78 is 26.8. The number of para-hydroxylation sites is 1. The molecule has 1 N–H and O–H groups in total. The van der Waals surface area contributed by atoms with Crippen LogP contribution in [0.4, 0.5) is 5.69 Å². The number of sulfonamides is 1. The molecule has 2 aromatic carbocycles. The molecule has 0 aliphatic heterocycles. The smallest absolute Gasteiger partial charge is 0.258 e. The molecule has 116 valence electrons. The highest BCUT2D eigenvalue weighted by Crippen LogP contribution is 2.24. The molecule has 2 rings (SSSR count). The van der Waals surface area contributed by atoms with Crippen molar-refractivity contribution in [2.45, 2.75) is 11.4 Å². The summed E-state index contributed by atoms with van der Waals surface area (Å²) in [5.41, 5.74) is -0.0245. The van der Waals surface area contributed by atoms with Crippen molar-refractivity contribution in [2.75, 3.05) is 0 Å². The Balaban J connectivity index is 2.29. The van der Waals surface area contributed by atoms with Crippen LogP contribution in [0.3, 0.4) is 0 Å². The number of hydrogen-bond acceptors (Lipinski definition) is 4. The zero-order chi connectivity index (χ0) is 16.3. The Morgan fingerprint density at radius 2 is 1.82 bits per heavy atom. The highest BCUT2D eigenvalue weighted by Gasteiger charge is 2.24.